The van der Waals surface area contributed by atoms with E-state index >= 15 is 0 Å². The van der Waals surface area contributed by atoms with Crippen molar-refractivity contribution in [3.05, 3.63) is 28.3 Å². The van der Waals surface area contributed by atoms with E-state index in [4.69, 9.17) is 9.88 Å². The molecule has 1 aliphatic rings. The van der Waals surface area contributed by atoms with Crippen molar-refractivity contribution in [1.29, 1.82) is 0 Å². The number of primary sulfonamides is 1. The number of sulfonamides is 1. The van der Waals surface area contributed by atoms with Gasteiger partial charge < -0.3 is 25.3 Å². The predicted molar refractivity (Wildman–Crippen MR) is 103 cm³/mol. The van der Waals surface area contributed by atoms with Crippen molar-refractivity contribution in [3.63, 3.8) is 0 Å². The first kappa shape index (κ1) is 24.8. The summed E-state index contributed by atoms with van der Waals surface area (Å²) in [6.45, 7) is 8.31. The summed E-state index contributed by atoms with van der Waals surface area (Å²) in [6, 6.07) is 3.52. The highest BCUT2D eigenvalue weighted by Crippen LogP contribution is 2.27. The summed E-state index contributed by atoms with van der Waals surface area (Å²) in [5.41, 5.74) is -0.235. The molecule has 1 aliphatic heterocycles. The van der Waals surface area contributed by atoms with Crippen LogP contribution in [0.1, 0.15) is 27.2 Å². The molecular formula is C17H28N4O7S. The number of quaternary nitrogens is 1. The molecule has 0 amide bonds. The van der Waals surface area contributed by atoms with Crippen LogP contribution in [-0.4, -0.2) is 51.7 Å². The molecule has 1 fully saturated rings. The minimum Gasteiger partial charge on any atom is -0.550 e. The highest BCUT2D eigenvalue weighted by molar-refractivity contribution is 7.89. The van der Waals surface area contributed by atoms with Crippen LogP contribution in [0.4, 0.5) is 11.4 Å². The van der Waals surface area contributed by atoms with Gasteiger partial charge in [0.2, 0.25) is 10.0 Å². The zero-order chi connectivity index (χ0) is 22.2. The average Bonchev–Trinajstić information content (AvgIpc) is 2.58. The number of nitrogens with zero attached hydrogens (tertiary/aromatic N) is 1. The van der Waals surface area contributed by atoms with E-state index in [1.807, 2.05) is 20.8 Å². The van der Waals surface area contributed by atoms with Crippen LogP contribution in [-0.2, 0) is 19.6 Å². The van der Waals surface area contributed by atoms with Crippen LogP contribution in [0.25, 0.3) is 0 Å². The Balaban J connectivity index is 0.000000447. The molecule has 0 radical (unpaired) electrons. The maximum absolute atomic E-state index is 11.2. The van der Waals surface area contributed by atoms with Gasteiger partial charge in [-0.05, 0) is 24.0 Å². The minimum atomic E-state index is -3.97. The van der Waals surface area contributed by atoms with Gasteiger partial charge >= 0.3 is 0 Å². The normalized spacial score (nSPS) is 17.0. The number of nitrogens with one attached hydrogen (secondary N) is 1. The number of nitro groups is 1. The summed E-state index contributed by atoms with van der Waals surface area (Å²) in [5, 5.41) is 30.9. The summed E-state index contributed by atoms with van der Waals surface area (Å²) in [4.78, 5) is 20.0. The molecule has 29 heavy (non-hydrogen) atoms. The van der Waals surface area contributed by atoms with Gasteiger partial charge in [0.05, 0.1) is 23.0 Å². The second kappa shape index (κ2) is 10.5. The van der Waals surface area contributed by atoms with E-state index in [0.29, 0.717) is 13.2 Å². The molecule has 11 nitrogen and oxygen atoms in total. The van der Waals surface area contributed by atoms with Crippen LogP contribution < -0.4 is 20.9 Å². The molecule has 0 bridgehead atoms. The van der Waals surface area contributed by atoms with E-state index in [-0.39, 0.29) is 34.2 Å². The number of hydrogen-bond acceptors (Lipinski definition) is 8. The zero-order valence-electron chi connectivity index (χ0n) is 16.7. The van der Waals surface area contributed by atoms with Gasteiger partial charge in [0.25, 0.3) is 5.69 Å². The molecule has 2 rings (SSSR count). The van der Waals surface area contributed by atoms with E-state index in [9.17, 15) is 28.4 Å². The Bertz CT molecular complexity index is 816. The van der Waals surface area contributed by atoms with Gasteiger partial charge in [0.1, 0.15) is 18.3 Å². The van der Waals surface area contributed by atoms with Crippen LogP contribution in [0, 0.1) is 15.5 Å². The molecule has 12 heteroatoms. The second-order valence-corrected chi connectivity index (χ2v) is 9.34. The molecule has 1 saturated heterocycles. The van der Waals surface area contributed by atoms with E-state index in [0.717, 1.165) is 19.2 Å². The Morgan fingerprint density at radius 1 is 1.41 bits per heavy atom. The standard InChI is InChI=1S/C11H16N4O5S.C6H12O2/c12-21(18,19)9-1-2-10(11(5-9)15(16)17)14-7-8-6-13-3-4-20-8;1-6(2,3)4-5(7)8/h1-2,5,8,13-14H,3-4,6-7H2,(H2,12,18,19);4H2,1-3H3,(H,7,8). The van der Waals surface area contributed by atoms with Crippen LogP contribution in [0.3, 0.4) is 0 Å². The Labute approximate surface area is 169 Å². The Morgan fingerprint density at radius 3 is 2.48 bits per heavy atom. The lowest BCUT2D eigenvalue weighted by atomic mass is 9.93. The van der Waals surface area contributed by atoms with Crippen LogP contribution >= 0.6 is 0 Å². The van der Waals surface area contributed by atoms with Crippen LogP contribution in [0.2, 0.25) is 0 Å². The first-order valence-electron chi connectivity index (χ1n) is 8.98. The second-order valence-electron chi connectivity index (χ2n) is 7.78. The number of aliphatic carboxylic acids is 1. The van der Waals surface area contributed by atoms with Crippen molar-refractivity contribution in [1.82, 2.24) is 0 Å². The van der Waals surface area contributed by atoms with Gasteiger partial charge in [0, 0.05) is 18.6 Å². The Hall–Kier alpha value is -2.28. The zero-order valence-corrected chi connectivity index (χ0v) is 17.5. The van der Waals surface area contributed by atoms with Gasteiger partial charge in [-0.1, -0.05) is 20.8 Å². The van der Waals surface area contributed by atoms with Gasteiger partial charge in [-0.15, -0.1) is 0 Å². The number of hydrogen-bond donors (Lipinski definition) is 3. The third kappa shape index (κ3) is 9.65. The topological polar surface area (TPSA) is 181 Å². The first-order valence-corrected chi connectivity index (χ1v) is 10.5. The molecule has 0 aromatic heterocycles. The number of ether oxygens (including phenoxy) is 1. The molecule has 0 saturated carbocycles. The molecular weight excluding hydrogens is 404 g/mol. The Morgan fingerprint density at radius 2 is 2.07 bits per heavy atom. The SMILES string of the molecule is CC(C)(C)CC(=O)[O-].NS(=O)(=O)c1ccc(NCC2C[NH2+]CCO2)c([N+](=O)[O-])c1. The quantitative estimate of drug-likeness (QED) is 0.369. The van der Waals surface area contributed by atoms with Crippen molar-refractivity contribution in [2.75, 3.05) is 31.6 Å². The van der Waals surface area contributed by atoms with E-state index in [1.54, 1.807) is 0 Å². The number of rotatable bonds is 6. The number of nitro benzene ring substituents is 1. The lowest BCUT2D eigenvalue weighted by molar-refractivity contribution is -0.676. The molecule has 5 N–H and O–H groups in total. The van der Waals surface area contributed by atoms with Crippen molar-refractivity contribution in [2.24, 2.45) is 10.6 Å². The number of nitrogens with two attached hydrogens (primary N) is 2. The third-order valence-corrected chi connectivity index (χ3v) is 4.71. The van der Waals surface area contributed by atoms with Crippen molar-refractivity contribution in [2.45, 2.75) is 38.2 Å². The summed E-state index contributed by atoms with van der Waals surface area (Å²) >= 11 is 0. The lowest BCUT2D eigenvalue weighted by Gasteiger charge is -2.21. The van der Waals surface area contributed by atoms with E-state index < -0.39 is 20.9 Å². The maximum atomic E-state index is 11.2. The number of carboxylic acid groups (broad SMARTS) is 1. The molecule has 0 spiro atoms. The number of anilines is 1. The number of carbonyl (C=O) groups is 1. The van der Waals surface area contributed by atoms with Gasteiger partial charge in [-0.3, -0.25) is 10.1 Å². The summed E-state index contributed by atoms with van der Waals surface area (Å²) in [7, 11) is -3.97. The highest BCUT2D eigenvalue weighted by Gasteiger charge is 2.21. The molecule has 1 atom stereocenters. The minimum absolute atomic E-state index is 0.0451. The first-order chi connectivity index (χ1) is 13.3. The smallest absolute Gasteiger partial charge is 0.293 e. The molecule has 1 unspecified atom stereocenters. The monoisotopic (exact) mass is 432 g/mol. The summed E-state index contributed by atoms with van der Waals surface area (Å²) < 4.78 is 28.0. The molecule has 0 aliphatic carbocycles. The Kier molecular flexibility index (Phi) is 8.95. The van der Waals surface area contributed by atoms with Gasteiger partial charge in [-0.2, -0.15) is 0 Å². The third-order valence-electron chi connectivity index (χ3n) is 3.79. The van der Waals surface area contributed by atoms with Gasteiger partial charge in [0.15, 0.2) is 0 Å². The van der Waals surface area contributed by atoms with Crippen molar-refractivity contribution < 1.29 is 33.3 Å². The van der Waals surface area contributed by atoms with Crippen molar-refractivity contribution >= 4 is 27.4 Å². The lowest BCUT2D eigenvalue weighted by Crippen LogP contribution is -2.90. The number of carbonyl (C=O) groups excluding carboxylic acids is 1. The summed E-state index contributed by atoms with van der Waals surface area (Å²) in [6.07, 6.45) is 0.0868. The molecule has 1 heterocycles. The van der Waals surface area contributed by atoms with Crippen LogP contribution in [0.15, 0.2) is 23.1 Å². The maximum Gasteiger partial charge on any atom is 0.293 e. The fraction of sp³-hybridized carbons (Fsp3) is 0.588. The fourth-order valence-corrected chi connectivity index (χ4v) is 3.01. The van der Waals surface area contributed by atoms with Crippen molar-refractivity contribution in [3.8, 4) is 0 Å². The summed E-state index contributed by atoms with van der Waals surface area (Å²) in [5.74, 6) is -0.975. The number of morpholine rings is 1. The average molecular weight is 432 g/mol. The predicted octanol–water partition coefficient (Wildman–Crippen LogP) is -1.21. The molecule has 1 aromatic carbocycles. The highest BCUT2D eigenvalue weighted by atomic mass is 32.2. The van der Waals surface area contributed by atoms with Crippen LogP contribution in [0.5, 0.6) is 0 Å². The van der Waals surface area contributed by atoms with E-state index in [1.165, 1.54) is 12.1 Å². The largest absolute Gasteiger partial charge is 0.550 e. The number of carboxylic acids is 1. The molecule has 1 aromatic rings. The van der Waals surface area contributed by atoms with E-state index in [2.05, 4.69) is 10.6 Å². The number of benzene rings is 1. The van der Waals surface area contributed by atoms with Gasteiger partial charge in [-0.25, -0.2) is 13.6 Å². The molecule has 164 valence electrons. The fourth-order valence-electron chi connectivity index (χ4n) is 2.48.